The van der Waals surface area contributed by atoms with E-state index in [4.69, 9.17) is 4.74 Å². The summed E-state index contributed by atoms with van der Waals surface area (Å²) in [6.07, 6.45) is 0.708. The number of ether oxygens (including phenoxy) is 1. The summed E-state index contributed by atoms with van der Waals surface area (Å²) in [7, 11) is 0. The van der Waals surface area contributed by atoms with Crippen molar-refractivity contribution in [3.05, 3.63) is 35.4 Å². The van der Waals surface area contributed by atoms with Crippen molar-refractivity contribution < 1.29 is 19.1 Å². The SMILES string of the molecule is CC(C)OC1=NC(=O)C(N2C(=O)c3ccccc3C2=O)CC1. The molecule has 0 radical (unpaired) electrons. The number of fused-ring (bicyclic) bond motifs is 1. The third-order valence-corrected chi connectivity index (χ3v) is 3.66. The lowest BCUT2D eigenvalue weighted by Crippen LogP contribution is -2.46. The Labute approximate surface area is 127 Å². The first-order chi connectivity index (χ1) is 10.5. The van der Waals surface area contributed by atoms with Crippen molar-refractivity contribution in [1.29, 1.82) is 0 Å². The molecule has 0 N–H and O–H groups in total. The molecular weight excluding hydrogens is 284 g/mol. The second-order valence-corrected chi connectivity index (χ2v) is 5.59. The van der Waals surface area contributed by atoms with Crippen LogP contribution < -0.4 is 0 Å². The standard InChI is InChI=1S/C16H16N2O4/c1-9(2)22-13-8-7-12(14(19)17-13)18-15(20)10-5-3-4-6-11(10)16(18)21/h3-6,9,12H,7-8H2,1-2H3. The Kier molecular flexibility index (Phi) is 3.52. The molecule has 6 nitrogen and oxygen atoms in total. The number of benzene rings is 1. The Morgan fingerprint density at radius 1 is 1.14 bits per heavy atom. The minimum absolute atomic E-state index is 0.0672. The van der Waals surface area contributed by atoms with Crippen LogP contribution >= 0.6 is 0 Å². The maximum atomic E-state index is 12.4. The molecule has 1 aromatic rings. The second kappa shape index (κ2) is 5.36. The molecule has 0 spiro atoms. The van der Waals surface area contributed by atoms with E-state index in [2.05, 4.69) is 4.99 Å². The van der Waals surface area contributed by atoms with E-state index in [1.54, 1.807) is 24.3 Å². The van der Waals surface area contributed by atoms with Crippen LogP contribution in [0.2, 0.25) is 0 Å². The molecule has 2 aliphatic rings. The quantitative estimate of drug-likeness (QED) is 0.780. The number of rotatable bonds is 2. The molecule has 114 valence electrons. The smallest absolute Gasteiger partial charge is 0.271 e. The minimum atomic E-state index is -0.841. The molecule has 0 aliphatic carbocycles. The largest absolute Gasteiger partial charge is 0.478 e. The summed E-state index contributed by atoms with van der Waals surface area (Å²) in [5.74, 6) is -0.992. The lowest BCUT2D eigenvalue weighted by molar-refractivity contribution is -0.122. The minimum Gasteiger partial charge on any atom is -0.478 e. The summed E-state index contributed by atoms with van der Waals surface area (Å²) >= 11 is 0. The van der Waals surface area contributed by atoms with E-state index in [-0.39, 0.29) is 6.10 Å². The molecule has 2 heterocycles. The van der Waals surface area contributed by atoms with E-state index in [1.165, 1.54) is 0 Å². The Bertz CT molecular complexity index is 658. The molecule has 1 unspecified atom stereocenters. The highest BCUT2D eigenvalue weighted by Gasteiger charge is 2.43. The summed E-state index contributed by atoms with van der Waals surface area (Å²) in [4.78, 5) is 41.9. The number of nitrogens with zero attached hydrogens (tertiary/aromatic N) is 2. The highest BCUT2D eigenvalue weighted by atomic mass is 16.5. The first-order valence-corrected chi connectivity index (χ1v) is 7.24. The number of carbonyl (C=O) groups excluding carboxylic acids is 3. The van der Waals surface area contributed by atoms with Crippen LogP contribution in [0.5, 0.6) is 0 Å². The lowest BCUT2D eigenvalue weighted by Gasteiger charge is -2.27. The number of imide groups is 1. The summed E-state index contributed by atoms with van der Waals surface area (Å²) in [6, 6.07) is 5.75. The zero-order chi connectivity index (χ0) is 15.9. The molecule has 0 saturated carbocycles. The number of hydrogen-bond donors (Lipinski definition) is 0. The van der Waals surface area contributed by atoms with Gasteiger partial charge in [0.2, 0.25) is 0 Å². The lowest BCUT2D eigenvalue weighted by atomic mass is 10.1. The summed E-state index contributed by atoms with van der Waals surface area (Å²) in [6.45, 7) is 3.70. The first kappa shape index (κ1) is 14.4. The molecule has 0 bridgehead atoms. The van der Waals surface area contributed by atoms with Gasteiger partial charge in [0, 0.05) is 6.42 Å². The van der Waals surface area contributed by atoms with Crippen LogP contribution in [0.3, 0.4) is 0 Å². The van der Waals surface area contributed by atoms with Crippen molar-refractivity contribution in [2.75, 3.05) is 0 Å². The summed E-state index contributed by atoms with van der Waals surface area (Å²) in [5.41, 5.74) is 0.682. The molecule has 1 atom stereocenters. The van der Waals surface area contributed by atoms with Crippen molar-refractivity contribution >= 4 is 23.6 Å². The van der Waals surface area contributed by atoms with Gasteiger partial charge in [0.15, 0.2) is 5.90 Å². The molecular formula is C16H16N2O4. The topological polar surface area (TPSA) is 76.0 Å². The van der Waals surface area contributed by atoms with Gasteiger partial charge in [-0.25, -0.2) is 0 Å². The number of hydrogen-bond acceptors (Lipinski definition) is 4. The molecule has 0 saturated heterocycles. The van der Waals surface area contributed by atoms with Gasteiger partial charge < -0.3 is 4.74 Å². The molecule has 22 heavy (non-hydrogen) atoms. The van der Waals surface area contributed by atoms with E-state index >= 15 is 0 Å². The van der Waals surface area contributed by atoms with E-state index < -0.39 is 23.8 Å². The predicted molar refractivity (Wildman–Crippen MR) is 78.6 cm³/mol. The first-order valence-electron chi connectivity index (χ1n) is 7.24. The van der Waals surface area contributed by atoms with Crippen LogP contribution in [0.1, 0.15) is 47.4 Å². The van der Waals surface area contributed by atoms with E-state index in [0.717, 1.165) is 4.90 Å². The van der Waals surface area contributed by atoms with Gasteiger partial charge in [0.05, 0.1) is 17.2 Å². The summed E-state index contributed by atoms with van der Waals surface area (Å²) in [5, 5.41) is 0. The Morgan fingerprint density at radius 3 is 2.23 bits per heavy atom. The molecule has 1 aromatic carbocycles. The molecule has 3 amide bonds. The third kappa shape index (κ3) is 2.30. The highest BCUT2D eigenvalue weighted by molar-refractivity contribution is 6.23. The van der Waals surface area contributed by atoms with Crippen molar-refractivity contribution in [3.63, 3.8) is 0 Å². The van der Waals surface area contributed by atoms with Crippen LogP contribution in [0, 0.1) is 0 Å². The van der Waals surface area contributed by atoms with Crippen LogP contribution in [0.4, 0.5) is 0 Å². The van der Waals surface area contributed by atoms with Crippen LogP contribution in [-0.2, 0) is 9.53 Å². The molecule has 6 heteroatoms. The van der Waals surface area contributed by atoms with E-state index in [9.17, 15) is 14.4 Å². The maximum absolute atomic E-state index is 12.4. The monoisotopic (exact) mass is 300 g/mol. The Morgan fingerprint density at radius 2 is 1.73 bits per heavy atom. The van der Waals surface area contributed by atoms with Gasteiger partial charge in [-0.1, -0.05) is 12.1 Å². The average Bonchev–Trinajstić information content (AvgIpc) is 2.72. The van der Waals surface area contributed by atoms with Gasteiger partial charge in [0.25, 0.3) is 17.7 Å². The average molecular weight is 300 g/mol. The molecule has 3 rings (SSSR count). The fourth-order valence-corrected chi connectivity index (χ4v) is 2.72. The normalized spacial score (nSPS) is 21.2. The fourth-order valence-electron chi connectivity index (χ4n) is 2.72. The highest BCUT2D eigenvalue weighted by Crippen LogP contribution is 2.28. The van der Waals surface area contributed by atoms with Gasteiger partial charge in [-0.05, 0) is 32.4 Å². The van der Waals surface area contributed by atoms with Gasteiger partial charge in [-0.15, -0.1) is 0 Å². The number of carbonyl (C=O) groups is 3. The maximum Gasteiger partial charge on any atom is 0.271 e. The third-order valence-electron chi connectivity index (χ3n) is 3.66. The van der Waals surface area contributed by atoms with Gasteiger partial charge in [0.1, 0.15) is 6.04 Å². The van der Waals surface area contributed by atoms with Gasteiger partial charge >= 0.3 is 0 Å². The van der Waals surface area contributed by atoms with E-state index in [0.29, 0.717) is 29.9 Å². The van der Waals surface area contributed by atoms with Crippen molar-refractivity contribution in [2.45, 2.75) is 38.8 Å². The zero-order valence-electron chi connectivity index (χ0n) is 12.4. The van der Waals surface area contributed by atoms with Crippen molar-refractivity contribution in [2.24, 2.45) is 4.99 Å². The zero-order valence-corrected chi connectivity index (χ0v) is 12.4. The Balaban J connectivity index is 1.85. The van der Waals surface area contributed by atoms with Crippen LogP contribution in [-0.4, -0.2) is 40.7 Å². The molecule has 2 aliphatic heterocycles. The van der Waals surface area contributed by atoms with Crippen LogP contribution in [0.15, 0.2) is 29.3 Å². The Hall–Kier alpha value is -2.50. The number of amides is 3. The molecule has 0 aromatic heterocycles. The predicted octanol–water partition coefficient (Wildman–Crippen LogP) is 1.80. The van der Waals surface area contributed by atoms with Gasteiger partial charge in [-0.2, -0.15) is 4.99 Å². The van der Waals surface area contributed by atoms with E-state index in [1.807, 2.05) is 13.8 Å². The van der Waals surface area contributed by atoms with Crippen LogP contribution in [0.25, 0.3) is 0 Å². The second-order valence-electron chi connectivity index (χ2n) is 5.59. The molecule has 0 fully saturated rings. The summed E-state index contributed by atoms with van der Waals surface area (Å²) < 4.78 is 5.43. The number of aliphatic imine (C=N–C) groups is 1. The van der Waals surface area contributed by atoms with Crippen molar-refractivity contribution in [3.8, 4) is 0 Å². The fraction of sp³-hybridized carbons (Fsp3) is 0.375. The van der Waals surface area contributed by atoms with Gasteiger partial charge in [-0.3, -0.25) is 19.3 Å². The van der Waals surface area contributed by atoms with Crippen molar-refractivity contribution in [1.82, 2.24) is 4.90 Å².